The minimum Gasteiger partial charge on any atom is -0.481 e. The highest BCUT2D eigenvalue weighted by Crippen LogP contribution is 2.26. The number of nitrogens with zero attached hydrogens (tertiary/aromatic N) is 6. The van der Waals surface area contributed by atoms with Crippen molar-refractivity contribution in [2.24, 2.45) is 13.0 Å². The molecule has 2 aromatic heterocycles. The molecule has 0 amide bonds. The molecule has 3 heterocycles. The van der Waals surface area contributed by atoms with Gasteiger partial charge < -0.3 is 14.4 Å². The first-order valence-electron chi connectivity index (χ1n) is 8.90. The van der Waals surface area contributed by atoms with Gasteiger partial charge in [0.2, 0.25) is 17.7 Å². The van der Waals surface area contributed by atoms with E-state index in [-0.39, 0.29) is 5.69 Å². The maximum Gasteiger partial charge on any atom is 0.345 e. The average Bonchev–Trinajstić information content (AvgIpc) is 2.94. The maximum absolute atomic E-state index is 12.0. The molecule has 0 N–H and O–H groups in total. The summed E-state index contributed by atoms with van der Waals surface area (Å²) in [6.07, 6.45) is 2.81. The van der Waals surface area contributed by atoms with E-state index in [0.717, 1.165) is 38.2 Å². The Morgan fingerprint density at radius 2 is 1.77 bits per heavy atom. The van der Waals surface area contributed by atoms with Gasteiger partial charge in [-0.25, -0.2) is 9.48 Å². The highest BCUT2D eigenvalue weighted by atomic mass is 16.5. The third-order valence-corrected chi connectivity index (χ3v) is 4.86. The van der Waals surface area contributed by atoms with E-state index in [1.54, 1.807) is 31.9 Å². The molecule has 0 radical (unpaired) electrons. The zero-order valence-electron chi connectivity index (χ0n) is 15.8. The molecule has 0 spiro atoms. The van der Waals surface area contributed by atoms with Crippen LogP contribution in [0.2, 0.25) is 0 Å². The molecular formula is C17H26N6O3. The molecule has 9 nitrogen and oxygen atoms in total. The predicted octanol–water partition coefficient (Wildman–Crippen LogP) is 0.868. The molecule has 0 unspecified atom stereocenters. The van der Waals surface area contributed by atoms with Gasteiger partial charge >= 0.3 is 5.69 Å². The lowest BCUT2D eigenvalue weighted by molar-refractivity contribution is 0.364. The molecule has 2 aromatic rings. The van der Waals surface area contributed by atoms with E-state index in [2.05, 4.69) is 20.0 Å². The Labute approximate surface area is 152 Å². The smallest absolute Gasteiger partial charge is 0.345 e. The third-order valence-electron chi connectivity index (χ3n) is 4.86. The van der Waals surface area contributed by atoms with Crippen molar-refractivity contribution in [1.82, 2.24) is 24.3 Å². The van der Waals surface area contributed by atoms with E-state index in [4.69, 9.17) is 9.47 Å². The fourth-order valence-corrected chi connectivity index (χ4v) is 3.36. The van der Waals surface area contributed by atoms with Gasteiger partial charge in [0.25, 0.3) is 0 Å². The van der Waals surface area contributed by atoms with Gasteiger partial charge in [-0.2, -0.15) is 15.1 Å². The van der Waals surface area contributed by atoms with Gasteiger partial charge in [-0.1, -0.05) is 0 Å². The van der Waals surface area contributed by atoms with E-state index in [1.165, 1.54) is 4.68 Å². The normalized spacial score (nSPS) is 15.3. The van der Waals surface area contributed by atoms with Crippen molar-refractivity contribution >= 4 is 5.95 Å². The van der Waals surface area contributed by atoms with Crippen LogP contribution in [0.5, 0.6) is 11.8 Å². The molecule has 0 saturated carbocycles. The number of aryl methyl sites for hydroxylation is 1. The van der Waals surface area contributed by atoms with Crippen molar-refractivity contribution in [2.45, 2.75) is 32.7 Å². The number of rotatable bonds is 6. The fourth-order valence-electron chi connectivity index (χ4n) is 3.36. The summed E-state index contributed by atoms with van der Waals surface area (Å²) in [5.41, 5.74) is -0.0446. The quantitative estimate of drug-likeness (QED) is 0.753. The predicted molar refractivity (Wildman–Crippen MR) is 96.9 cm³/mol. The van der Waals surface area contributed by atoms with Gasteiger partial charge in [-0.15, -0.1) is 0 Å². The Hall–Kier alpha value is -2.58. The average molecular weight is 362 g/mol. The van der Waals surface area contributed by atoms with E-state index in [1.807, 2.05) is 6.92 Å². The van der Waals surface area contributed by atoms with E-state index < -0.39 is 0 Å². The first-order valence-corrected chi connectivity index (χ1v) is 8.90. The van der Waals surface area contributed by atoms with Crippen LogP contribution in [0.3, 0.4) is 0 Å². The zero-order valence-corrected chi connectivity index (χ0v) is 15.8. The summed E-state index contributed by atoms with van der Waals surface area (Å²) < 4.78 is 13.6. The van der Waals surface area contributed by atoms with Crippen molar-refractivity contribution in [1.29, 1.82) is 0 Å². The van der Waals surface area contributed by atoms with Gasteiger partial charge in [0.05, 0.1) is 20.3 Å². The second kappa shape index (κ2) is 7.76. The Morgan fingerprint density at radius 1 is 1.15 bits per heavy atom. The molecule has 1 saturated heterocycles. The number of anilines is 1. The number of piperidine rings is 1. The standard InChI is InChI=1S/C17H26N6O3/c1-5-23-13(20-21(2)17(23)24)10-12-6-8-22(9-7-12)16-18-14(25-3)11-15(19-16)26-4/h11-12H,5-10H2,1-4H3. The number of methoxy groups -OCH3 is 2. The molecule has 0 aliphatic carbocycles. The van der Waals surface area contributed by atoms with Gasteiger partial charge in [-0.3, -0.25) is 4.57 Å². The van der Waals surface area contributed by atoms with Crippen LogP contribution in [-0.2, 0) is 20.0 Å². The summed E-state index contributed by atoms with van der Waals surface area (Å²) in [5, 5.41) is 4.39. The summed E-state index contributed by atoms with van der Waals surface area (Å²) in [4.78, 5) is 23.0. The molecule has 0 bridgehead atoms. The molecule has 1 aliphatic rings. The van der Waals surface area contributed by atoms with Crippen LogP contribution in [0.15, 0.2) is 10.9 Å². The number of ether oxygens (including phenoxy) is 2. The lowest BCUT2D eigenvalue weighted by Crippen LogP contribution is -2.36. The van der Waals surface area contributed by atoms with Gasteiger partial charge in [0.1, 0.15) is 5.82 Å². The second-order valence-corrected chi connectivity index (χ2v) is 6.45. The van der Waals surface area contributed by atoms with Gasteiger partial charge in [0.15, 0.2) is 0 Å². The number of hydrogen-bond acceptors (Lipinski definition) is 7. The lowest BCUT2D eigenvalue weighted by atomic mass is 9.93. The highest BCUT2D eigenvalue weighted by molar-refractivity contribution is 5.37. The van der Waals surface area contributed by atoms with Crippen LogP contribution in [0.4, 0.5) is 5.95 Å². The monoisotopic (exact) mass is 362 g/mol. The Morgan fingerprint density at radius 3 is 2.31 bits per heavy atom. The lowest BCUT2D eigenvalue weighted by Gasteiger charge is -2.32. The molecular weight excluding hydrogens is 336 g/mol. The minimum absolute atomic E-state index is 0.0446. The van der Waals surface area contributed by atoms with Crippen LogP contribution in [0.25, 0.3) is 0 Å². The molecule has 142 valence electrons. The van der Waals surface area contributed by atoms with Crippen LogP contribution in [-0.4, -0.2) is 51.6 Å². The topological polar surface area (TPSA) is 87.3 Å². The largest absolute Gasteiger partial charge is 0.481 e. The van der Waals surface area contributed by atoms with Crippen molar-refractivity contribution < 1.29 is 9.47 Å². The first kappa shape index (κ1) is 18.2. The van der Waals surface area contributed by atoms with Crippen molar-refractivity contribution in [2.75, 3.05) is 32.2 Å². The second-order valence-electron chi connectivity index (χ2n) is 6.45. The Bertz CT molecular complexity index is 785. The molecule has 1 fully saturated rings. The van der Waals surface area contributed by atoms with Crippen LogP contribution < -0.4 is 20.1 Å². The third kappa shape index (κ3) is 3.66. The fraction of sp³-hybridized carbons (Fsp3) is 0.647. The van der Waals surface area contributed by atoms with E-state index in [0.29, 0.717) is 30.2 Å². The van der Waals surface area contributed by atoms with Crippen LogP contribution in [0.1, 0.15) is 25.6 Å². The van der Waals surface area contributed by atoms with Crippen molar-refractivity contribution in [3.8, 4) is 11.8 Å². The van der Waals surface area contributed by atoms with Crippen LogP contribution in [0, 0.1) is 5.92 Å². The Kier molecular flexibility index (Phi) is 5.43. The molecule has 0 atom stereocenters. The number of hydrogen-bond donors (Lipinski definition) is 0. The van der Waals surface area contributed by atoms with E-state index >= 15 is 0 Å². The molecule has 3 rings (SSSR count). The Balaban J connectivity index is 1.66. The van der Waals surface area contributed by atoms with Crippen LogP contribution >= 0.6 is 0 Å². The highest BCUT2D eigenvalue weighted by Gasteiger charge is 2.24. The van der Waals surface area contributed by atoms with Crippen molar-refractivity contribution in [3.05, 3.63) is 22.4 Å². The number of aromatic nitrogens is 5. The minimum atomic E-state index is -0.0446. The SMILES string of the molecule is CCn1c(CC2CCN(c3nc(OC)cc(OC)n3)CC2)nn(C)c1=O. The van der Waals surface area contributed by atoms with Gasteiger partial charge in [-0.05, 0) is 25.7 Å². The maximum atomic E-state index is 12.0. The molecule has 26 heavy (non-hydrogen) atoms. The van der Waals surface area contributed by atoms with Gasteiger partial charge in [0, 0.05) is 33.1 Å². The molecule has 1 aliphatic heterocycles. The summed E-state index contributed by atoms with van der Waals surface area (Å²) in [7, 11) is 4.87. The molecule has 0 aromatic carbocycles. The first-order chi connectivity index (χ1) is 12.5. The summed E-state index contributed by atoms with van der Waals surface area (Å²) in [5.74, 6) is 2.98. The summed E-state index contributed by atoms with van der Waals surface area (Å²) in [6, 6.07) is 1.67. The summed E-state index contributed by atoms with van der Waals surface area (Å²) in [6.45, 7) is 4.33. The summed E-state index contributed by atoms with van der Waals surface area (Å²) >= 11 is 0. The van der Waals surface area contributed by atoms with E-state index in [9.17, 15) is 4.79 Å². The molecule has 9 heteroatoms. The van der Waals surface area contributed by atoms with Crippen molar-refractivity contribution in [3.63, 3.8) is 0 Å². The zero-order chi connectivity index (χ0) is 18.7.